The number of thiazole rings is 1. The molecule has 1 aromatic carbocycles. The highest BCUT2D eigenvalue weighted by atomic mass is 32.1. The second-order valence-corrected chi connectivity index (χ2v) is 6.34. The van der Waals surface area contributed by atoms with Crippen molar-refractivity contribution in [2.45, 2.75) is 6.92 Å². The number of carbonyl (C=O) groups excluding carboxylic acids is 1. The van der Waals surface area contributed by atoms with Crippen molar-refractivity contribution in [3.63, 3.8) is 0 Å². The number of methoxy groups -OCH3 is 2. The van der Waals surface area contributed by atoms with Crippen LogP contribution < -0.4 is 14.3 Å². The lowest BCUT2D eigenvalue weighted by molar-refractivity contribution is 0.0988. The molecule has 2 heterocycles. The van der Waals surface area contributed by atoms with Crippen LogP contribution in [0.3, 0.4) is 0 Å². The summed E-state index contributed by atoms with van der Waals surface area (Å²) in [4.78, 5) is 17.4. The molecule has 0 spiro atoms. The summed E-state index contributed by atoms with van der Waals surface area (Å²) in [7, 11) is 6.79. The Morgan fingerprint density at radius 3 is 2.46 bits per heavy atom. The Morgan fingerprint density at radius 1 is 1.21 bits per heavy atom. The zero-order valence-electron chi connectivity index (χ0n) is 14.2. The van der Waals surface area contributed by atoms with Gasteiger partial charge in [0.05, 0.1) is 30.6 Å². The first-order valence-electron chi connectivity index (χ1n) is 7.25. The van der Waals surface area contributed by atoms with Crippen molar-refractivity contribution in [2.75, 3.05) is 14.2 Å². The Bertz CT molecular complexity index is 977. The molecule has 0 aliphatic carbocycles. The fraction of sp³-hybridized carbons (Fsp3) is 0.312. The predicted octanol–water partition coefficient (Wildman–Crippen LogP) is 2.04. The Labute approximate surface area is 142 Å². The van der Waals surface area contributed by atoms with Crippen LogP contribution in [0.25, 0.3) is 10.2 Å². The molecule has 0 atom stereocenters. The van der Waals surface area contributed by atoms with E-state index in [0.717, 1.165) is 15.8 Å². The first-order valence-corrected chi connectivity index (χ1v) is 8.07. The van der Waals surface area contributed by atoms with E-state index in [9.17, 15) is 4.79 Å². The number of rotatable bonds is 3. The van der Waals surface area contributed by atoms with E-state index >= 15 is 0 Å². The highest BCUT2D eigenvalue weighted by Crippen LogP contribution is 2.33. The molecule has 8 heteroatoms. The highest BCUT2D eigenvalue weighted by Gasteiger charge is 2.15. The molecule has 0 aliphatic rings. The van der Waals surface area contributed by atoms with E-state index in [0.29, 0.717) is 22.0 Å². The van der Waals surface area contributed by atoms with Crippen molar-refractivity contribution in [3.05, 3.63) is 34.4 Å². The smallest absolute Gasteiger partial charge is 0.298 e. The fourth-order valence-corrected chi connectivity index (χ4v) is 3.58. The summed E-state index contributed by atoms with van der Waals surface area (Å²) in [5.41, 5.74) is 2.21. The summed E-state index contributed by atoms with van der Waals surface area (Å²) in [5, 5.41) is 4.09. The summed E-state index contributed by atoms with van der Waals surface area (Å²) in [6, 6.07) is 3.77. The first-order chi connectivity index (χ1) is 11.5. The van der Waals surface area contributed by atoms with Crippen molar-refractivity contribution < 1.29 is 14.3 Å². The van der Waals surface area contributed by atoms with Crippen LogP contribution in [0.2, 0.25) is 0 Å². The maximum absolute atomic E-state index is 12.5. The van der Waals surface area contributed by atoms with Crippen molar-refractivity contribution in [1.82, 2.24) is 14.3 Å². The van der Waals surface area contributed by atoms with Gasteiger partial charge in [0.1, 0.15) is 5.69 Å². The van der Waals surface area contributed by atoms with Gasteiger partial charge in [-0.1, -0.05) is 11.3 Å². The Balaban J connectivity index is 2.16. The van der Waals surface area contributed by atoms with Gasteiger partial charge in [0, 0.05) is 31.8 Å². The molecule has 0 saturated heterocycles. The number of hydrogen-bond acceptors (Lipinski definition) is 5. The minimum atomic E-state index is -0.311. The lowest BCUT2D eigenvalue weighted by Gasteiger charge is -2.07. The normalized spacial score (nSPS) is 12.0. The van der Waals surface area contributed by atoms with Gasteiger partial charge >= 0.3 is 0 Å². The number of carbonyl (C=O) groups is 1. The van der Waals surface area contributed by atoms with Crippen LogP contribution in [0, 0.1) is 6.92 Å². The molecule has 3 rings (SSSR count). The zero-order valence-corrected chi connectivity index (χ0v) is 15.0. The van der Waals surface area contributed by atoms with Crippen LogP contribution in [-0.4, -0.2) is 34.5 Å². The number of benzene rings is 1. The summed E-state index contributed by atoms with van der Waals surface area (Å²) in [6.07, 6.45) is 1.66. The van der Waals surface area contributed by atoms with Crippen LogP contribution >= 0.6 is 11.3 Å². The molecule has 0 unspecified atom stereocenters. The summed E-state index contributed by atoms with van der Waals surface area (Å²) >= 11 is 1.42. The first kappa shape index (κ1) is 16.3. The molecule has 0 fully saturated rings. The van der Waals surface area contributed by atoms with E-state index in [-0.39, 0.29) is 5.91 Å². The third kappa shape index (κ3) is 2.58. The Morgan fingerprint density at radius 2 is 1.88 bits per heavy atom. The molecular weight excluding hydrogens is 328 g/mol. The van der Waals surface area contributed by atoms with Crippen LogP contribution in [-0.2, 0) is 14.1 Å². The van der Waals surface area contributed by atoms with E-state index < -0.39 is 0 Å². The number of ether oxygens (including phenoxy) is 2. The molecule has 1 amide bonds. The van der Waals surface area contributed by atoms with Crippen LogP contribution in [0.4, 0.5) is 0 Å². The number of nitrogens with zero attached hydrogens (tertiary/aromatic N) is 4. The van der Waals surface area contributed by atoms with E-state index in [1.165, 1.54) is 11.3 Å². The second-order valence-electron chi connectivity index (χ2n) is 5.34. The average Bonchev–Trinajstić information content (AvgIpc) is 3.05. The fourth-order valence-electron chi connectivity index (χ4n) is 2.56. The van der Waals surface area contributed by atoms with E-state index in [1.807, 2.05) is 30.7 Å². The quantitative estimate of drug-likeness (QED) is 0.728. The molecule has 0 N–H and O–H groups in total. The van der Waals surface area contributed by atoms with Gasteiger partial charge in [-0.05, 0) is 6.92 Å². The van der Waals surface area contributed by atoms with Crippen molar-refractivity contribution in [3.8, 4) is 11.5 Å². The van der Waals surface area contributed by atoms with Gasteiger partial charge in [0.2, 0.25) is 0 Å². The molecule has 126 valence electrons. The molecule has 0 saturated carbocycles. The number of aryl methyl sites for hydroxylation is 3. The standard InChI is InChI=1S/C16H18N4O3S/c1-9-8-17-20(3)14(9)15(21)18-16-19(2)10-6-11(22-4)12(23-5)7-13(10)24-16/h6-8H,1-5H3. The maximum Gasteiger partial charge on any atom is 0.298 e. The van der Waals surface area contributed by atoms with E-state index in [1.54, 1.807) is 32.1 Å². The molecule has 24 heavy (non-hydrogen) atoms. The maximum atomic E-state index is 12.5. The van der Waals surface area contributed by atoms with E-state index in [2.05, 4.69) is 10.1 Å². The third-order valence-corrected chi connectivity index (χ3v) is 4.93. The van der Waals surface area contributed by atoms with E-state index in [4.69, 9.17) is 9.47 Å². The van der Waals surface area contributed by atoms with Gasteiger partial charge in [0.15, 0.2) is 16.3 Å². The average molecular weight is 346 g/mol. The predicted molar refractivity (Wildman–Crippen MR) is 91.7 cm³/mol. The van der Waals surface area contributed by atoms with Gasteiger partial charge in [0.25, 0.3) is 5.91 Å². The number of hydrogen-bond donors (Lipinski definition) is 0. The van der Waals surface area contributed by atoms with Gasteiger partial charge in [-0.3, -0.25) is 9.48 Å². The number of fused-ring (bicyclic) bond motifs is 1. The molecule has 0 radical (unpaired) electrons. The SMILES string of the molecule is COc1cc2sc(=NC(=O)c3c(C)cnn3C)n(C)c2cc1OC. The third-order valence-electron chi connectivity index (χ3n) is 3.84. The Hall–Kier alpha value is -2.61. The molecular formula is C16H18N4O3S. The topological polar surface area (TPSA) is 70.6 Å². The van der Waals surface area contributed by atoms with Crippen LogP contribution in [0.1, 0.15) is 16.1 Å². The minimum absolute atomic E-state index is 0.311. The van der Waals surface area contributed by atoms with Crippen molar-refractivity contribution >= 4 is 27.5 Å². The lowest BCUT2D eigenvalue weighted by atomic mass is 10.3. The zero-order chi connectivity index (χ0) is 17.4. The van der Waals surface area contributed by atoms with Crippen LogP contribution in [0.15, 0.2) is 23.3 Å². The van der Waals surface area contributed by atoms with Crippen molar-refractivity contribution in [2.24, 2.45) is 19.1 Å². The Kier molecular flexibility index (Phi) is 4.15. The van der Waals surface area contributed by atoms with Crippen molar-refractivity contribution in [1.29, 1.82) is 0 Å². The van der Waals surface area contributed by atoms with Crippen LogP contribution in [0.5, 0.6) is 11.5 Å². The minimum Gasteiger partial charge on any atom is -0.493 e. The number of aromatic nitrogens is 3. The lowest BCUT2D eigenvalue weighted by Crippen LogP contribution is -2.15. The molecule has 3 aromatic rings. The monoisotopic (exact) mass is 346 g/mol. The molecule has 7 nitrogen and oxygen atoms in total. The van der Waals surface area contributed by atoms with Gasteiger partial charge in [-0.25, -0.2) is 0 Å². The van der Waals surface area contributed by atoms with Gasteiger partial charge in [-0.15, -0.1) is 0 Å². The largest absolute Gasteiger partial charge is 0.493 e. The molecule has 0 bridgehead atoms. The summed E-state index contributed by atoms with van der Waals surface area (Å²) in [6.45, 7) is 1.84. The molecule has 2 aromatic heterocycles. The van der Waals surface area contributed by atoms with Gasteiger partial charge in [-0.2, -0.15) is 10.1 Å². The summed E-state index contributed by atoms with van der Waals surface area (Å²) < 4.78 is 15.0. The summed E-state index contributed by atoms with van der Waals surface area (Å²) in [5.74, 6) is 0.972. The molecule has 0 aliphatic heterocycles. The highest BCUT2D eigenvalue weighted by molar-refractivity contribution is 7.16. The number of amides is 1. The van der Waals surface area contributed by atoms with Gasteiger partial charge < -0.3 is 14.0 Å². The second kappa shape index (κ2) is 6.12.